The van der Waals surface area contributed by atoms with Gasteiger partial charge in [0.1, 0.15) is 0 Å². The minimum absolute atomic E-state index is 0.0632. The molecule has 0 aliphatic heterocycles. The Hall–Kier alpha value is -4.89. The number of nitrogens with zero attached hydrogens (tertiary/aromatic N) is 2. The van der Waals surface area contributed by atoms with Gasteiger partial charge in [-0.3, -0.25) is 0 Å². The van der Waals surface area contributed by atoms with Crippen LogP contribution in [0.2, 0.25) is 0 Å². The van der Waals surface area contributed by atoms with Crippen LogP contribution in [0.15, 0.2) is 127 Å². The fraction of sp³-hybridized carbons (Fsp3) is 0.0571. The molecule has 7 rings (SSSR count). The lowest BCUT2D eigenvalue weighted by molar-refractivity contribution is 0.712. The Morgan fingerprint density at radius 2 is 1.08 bits per heavy atom. The van der Waals surface area contributed by atoms with Gasteiger partial charge in [0.25, 0.3) is 0 Å². The van der Waals surface area contributed by atoms with Crippen molar-refractivity contribution in [3.05, 3.63) is 133 Å². The van der Waals surface area contributed by atoms with E-state index in [0.29, 0.717) is 0 Å². The predicted molar refractivity (Wildman–Crippen MR) is 162 cm³/mol. The molecular weight excluding hydrogens is 462 g/mol. The highest BCUT2D eigenvalue weighted by Gasteiger charge is 2.15. The molecule has 3 heteroatoms. The van der Waals surface area contributed by atoms with E-state index in [1.165, 1.54) is 49.8 Å². The lowest BCUT2D eigenvalue weighted by Crippen LogP contribution is -2.03. The molecular formula is C35H27N3. The molecule has 0 fully saturated rings. The van der Waals surface area contributed by atoms with E-state index in [0.717, 1.165) is 16.8 Å². The van der Waals surface area contributed by atoms with Gasteiger partial charge in [-0.2, -0.15) is 0 Å². The highest BCUT2D eigenvalue weighted by molar-refractivity contribution is 6.11. The van der Waals surface area contributed by atoms with Crippen molar-refractivity contribution in [3.63, 3.8) is 0 Å². The van der Waals surface area contributed by atoms with Crippen LogP contribution < -0.4 is 0 Å². The second-order valence-corrected chi connectivity index (χ2v) is 9.83. The summed E-state index contributed by atoms with van der Waals surface area (Å²) in [6, 6.07) is 42.9. The van der Waals surface area contributed by atoms with E-state index in [9.17, 15) is 0 Å². The van der Waals surface area contributed by atoms with Crippen LogP contribution in [0.4, 0.5) is 0 Å². The van der Waals surface area contributed by atoms with Gasteiger partial charge in [0.15, 0.2) is 0 Å². The van der Waals surface area contributed by atoms with Gasteiger partial charge >= 0.3 is 0 Å². The molecule has 0 amide bonds. The zero-order valence-corrected chi connectivity index (χ0v) is 21.2. The van der Waals surface area contributed by atoms with E-state index in [1.807, 2.05) is 0 Å². The Kier molecular flexibility index (Phi) is 5.22. The van der Waals surface area contributed by atoms with E-state index >= 15 is 0 Å². The van der Waals surface area contributed by atoms with Crippen LogP contribution >= 0.6 is 0 Å². The van der Waals surface area contributed by atoms with Crippen LogP contribution in [0.25, 0.3) is 54.9 Å². The molecule has 0 unspecified atom stereocenters. The maximum atomic E-state index is 8.34. The number of rotatable bonds is 5. The van der Waals surface area contributed by atoms with Crippen molar-refractivity contribution in [3.8, 4) is 5.69 Å². The summed E-state index contributed by atoms with van der Waals surface area (Å²) in [6.45, 7) is 2.21. The Morgan fingerprint density at radius 1 is 0.605 bits per heavy atom. The smallest absolute Gasteiger partial charge is 0.0541 e. The van der Waals surface area contributed by atoms with Gasteiger partial charge < -0.3 is 14.5 Å². The Labute approximate surface area is 221 Å². The number of fused-ring (bicyclic) bond motifs is 6. The first-order valence-electron chi connectivity index (χ1n) is 13.0. The highest BCUT2D eigenvalue weighted by atomic mass is 15.0. The zero-order valence-electron chi connectivity index (χ0n) is 21.2. The normalized spacial score (nSPS) is 13.0. The second kappa shape index (κ2) is 8.89. The van der Waals surface area contributed by atoms with Crippen LogP contribution in [0.1, 0.15) is 18.5 Å². The van der Waals surface area contributed by atoms with Gasteiger partial charge in [-0.15, -0.1) is 0 Å². The van der Waals surface area contributed by atoms with Crippen molar-refractivity contribution in [2.24, 2.45) is 0 Å². The summed E-state index contributed by atoms with van der Waals surface area (Å²) < 4.78 is 4.71. The first kappa shape index (κ1) is 22.3. The molecule has 182 valence electrons. The number of allylic oxidation sites excluding steroid dienone is 2. The van der Waals surface area contributed by atoms with E-state index < -0.39 is 0 Å². The Bertz CT molecular complexity index is 1910. The van der Waals surface area contributed by atoms with Crippen LogP contribution in [-0.4, -0.2) is 15.3 Å². The van der Waals surface area contributed by atoms with Gasteiger partial charge in [0.2, 0.25) is 0 Å². The quantitative estimate of drug-likeness (QED) is 0.234. The van der Waals surface area contributed by atoms with E-state index in [2.05, 4.69) is 143 Å². The Balaban J connectivity index is 1.37. The van der Waals surface area contributed by atoms with Gasteiger partial charge in [-0.1, -0.05) is 91.0 Å². The molecule has 2 aromatic heterocycles. The lowest BCUT2D eigenvalue weighted by Gasteiger charge is -2.16. The third-order valence-electron chi connectivity index (χ3n) is 7.62. The number of nitrogens with one attached hydrogen (secondary N) is 1. The molecule has 0 saturated carbocycles. The predicted octanol–water partition coefficient (Wildman–Crippen LogP) is 9.19. The fourth-order valence-corrected chi connectivity index (χ4v) is 5.98. The van der Waals surface area contributed by atoms with Crippen molar-refractivity contribution in [1.82, 2.24) is 9.13 Å². The van der Waals surface area contributed by atoms with Gasteiger partial charge in [0.05, 0.1) is 17.1 Å². The minimum Gasteiger partial charge on any atom is -0.334 e. The SMILES string of the molecule is C[C@H](/C=C(\C=N)c1cccc(-n2c3ccccc3c3ccccc32)c1)n1c2ccccc2c2ccccc21. The van der Waals surface area contributed by atoms with Crippen molar-refractivity contribution < 1.29 is 0 Å². The molecule has 1 atom stereocenters. The highest BCUT2D eigenvalue weighted by Crippen LogP contribution is 2.34. The average Bonchev–Trinajstić information content (AvgIpc) is 3.49. The largest absolute Gasteiger partial charge is 0.334 e. The number of hydrogen-bond acceptors (Lipinski definition) is 1. The standard InChI is InChI=1S/C35H27N3/c1-24(37-32-17-6-2-13-28(32)29-14-3-7-18-33(29)37)21-26(23-36)25-11-10-12-27(22-25)38-34-19-8-4-15-30(34)31-16-5-9-20-35(31)38/h2-24,36H,1H3/b26-21+,36-23?/t24-/m1/s1. The van der Waals surface area contributed by atoms with Gasteiger partial charge in [0, 0.05) is 44.5 Å². The maximum absolute atomic E-state index is 8.34. The van der Waals surface area contributed by atoms with E-state index in [4.69, 9.17) is 5.41 Å². The molecule has 0 aliphatic carbocycles. The van der Waals surface area contributed by atoms with E-state index in [-0.39, 0.29) is 6.04 Å². The van der Waals surface area contributed by atoms with Crippen LogP contribution in [0.5, 0.6) is 0 Å². The zero-order chi connectivity index (χ0) is 25.6. The third kappa shape index (κ3) is 3.40. The molecule has 2 heterocycles. The van der Waals surface area contributed by atoms with Crippen molar-refractivity contribution in [2.45, 2.75) is 13.0 Å². The summed E-state index contributed by atoms with van der Waals surface area (Å²) >= 11 is 0. The maximum Gasteiger partial charge on any atom is 0.0541 e. The molecule has 7 aromatic rings. The van der Waals surface area contributed by atoms with E-state index in [1.54, 1.807) is 0 Å². The summed E-state index contributed by atoms with van der Waals surface area (Å²) in [4.78, 5) is 0. The summed E-state index contributed by atoms with van der Waals surface area (Å²) in [6.07, 6.45) is 3.69. The molecule has 0 radical (unpaired) electrons. The summed E-state index contributed by atoms with van der Waals surface area (Å²) in [5.74, 6) is 0. The van der Waals surface area contributed by atoms with Crippen LogP contribution in [0.3, 0.4) is 0 Å². The number of benzene rings is 5. The molecule has 0 saturated heterocycles. The molecule has 0 spiro atoms. The summed E-state index contributed by atoms with van der Waals surface area (Å²) in [5.41, 5.74) is 7.82. The molecule has 5 aromatic carbocycles. The van der Waals surface area contributed by atoms with Crippen LogP contribution in [-0.2, 0) is 0 Å². The fourth-order valence-electron chi connectivity index (χ4n) is 5.98. The lowest BCUT2D eigenvalue weighted by atomic mass is 10.0. The molecule has 0 aliphatic rings. The minimum atomic E-state index is 0.0632. The average molecular weight is 490 g/mol. The van der Waals surface area contributed by atoms with Crippen LogP contribution in [0, 0.1) is 5.41 Å². The third-order valence-corrected chi connectivity index (χ3v) is 7.62. The molecule has 3 nitrogen and oxygen atoms in total. The summed E-state index contributed by atoms with van der Waals surface area (Å²) in [5, 5.41) is 13.3. The number of aromatic nitrogens is 2. The second-order valence-electron chi connectivity index (χ2n) is 9.83. The van der Waals surface area contributed by atoms with Crippen molar-refractivity contribution >= 4 is 55.4 Å². The van der Waals surface area contributed by atoms with Crippen molar-refractivity contribution in [2.75, 3.05) is 0 Å². The number of para-hydroxylation sites is 4. The molecule has 38 heavy (non-hydrogen) atoms. The monoisotopic (exact) mass is 489 g/mol. The Morgan fingerprint density at radius 3 is 1.61 bits per heavy atom. The molecule has 1 N–H and O–H groups in total. The number of hydrogen-bond donors (Lipinski definition) is 1. The molecule has 0 bridgehead atoms. The van der Waals surface area contributed by atoms with Crippen molar-refractivity contribution in [1.29, 1.82) is 5.41 Å². The van der Waals surface area contributed by atoms with Gasteiger partial charge in [-0.05, 0) is 54.5 Å². The first-order chi connectivity index (χ1) is 18.7. The first-order valence-corrected chi connectivity index (χ1v) is 13.0. The topological polar surface area (TPSA) is 33.7 Å². The van der Waals surface area contributed by atoms with Gasteiger partial charge in [-0.25, -0.2) is 0 Å². The summed E-state index contributed by atoms with van der Waals surface area (Å²) in [7, 11) is 0.